The van der Waals surface area contributed by atoms with E-state index < -0.39 is 10.0 Å². The molecule has 222 valence electrons. The number of fused-ring (bicyclic) bond motifs is 2. The van der Waals surface area contributed by atoms with Crippen molar-refractivity contribution in [2.45, 2.75) is 55.5 Å². The Hall–Kier alpha value is -4.08. The molecule has 3 atom stereocenters. The van der Waals surface area contributed by atoms with Crippen molar-refractivity contribution in [2.24, 2.45) is 5.92 Å². The van der Waals surface area contributed by atoms with Crippen molar-refractivity contribution >= 4 is 27.7 Å². The van der Waals surface area contributed by atoms with Gasteiger partial charge in [-0.2, -0.15) is 0 Å². The molecule has 1 unspecified atom stereocenters. The summed E-state index contributed by atoms with van der Waals surface area (Å²) in [6, 6.07) is 21.3. The van der Waals surface area contributed by atoms with Crippen LogP contribution in [0, 0.1) is 5.92 Å². The van der Waals surface area contributed by atoms with Gasteiger partial charge >= 0.3 is 0 Å². The Morgan fingerprint density at radius 2 is 1.56 bits per heavy atom. The summed E-state index contributed by atoms with van der Waals surface area (Å²) in [5.41, 5.74) is 3.76. The number of benzene rings is 3. The molecule has 3 aliphatic rings. The van der Waals surface area contributed by atoms with Crippen LogP contribution in [0.3, 0.4) is 0 Å². The molecule has 0 spiro atoms. The van der Waals surface area contributed by atoms with Crippen molar-refractivity contribution in [3.05, 3.63) is 113 Å². The van der Waals surface area contributed by atoms with Gasteiger partial charge in [0.2, 0.25) is 15.9 Å². The van der Waals surface area contributed by atoms with Crippen LogP contribution in [0.15, 0.2) is 90.3 Å². The minimum absolute atomic E-state index is 0.0499. The van der Waals surface area contributed by atoms with Gasteiger partial charge in [-0.05, 0) is 79.5 Å². The molecule has 9 heteroatoms. The molecule has 1 N–H and O–H groups in total. The summed E-state index contributed by atoms with van der Waals surface area (Å²) < 4.78 is 29.6. The lowest BCUT2D eigenvalue weighted by Gasteiger charge is -2.25. The van der Waals surface area contributed by atoms with E-state index in [0.29, 0.717) is 43.4 Å². The number of imide groups is 1. The molecule has 1 fully saturated rings. The highest BCUT2D eigenvalue weighted by Crippen LogP contribution is 2.33. The summed E-state index contributed by atoms with van der Waals surface area (Å²) in [5, 5.41) is 0. The van der Waals surface area contributed by atoms with E-state index >= 15 is 0 Å². The Bertz CT molecular complexity index is 1650. The standard InChI is InChI=1S/C34H35N3O5S/c1-2-9-25-19-28(36(32(25)38)17-8-12-23-10-4-3-5-11-23)22-35-43(41,42)29-16-15-24-18-27(20-26(24)21-29)37-33(39)30-13-6-7-14-31(30)34(37)40/h2-7,10-11,13-16,21,25,27-28,35H,1,8-9,12,17-20,22H2/t25-,27?,28+/m1/s1. The Balaban J connectivity index is 1.11. The number of sulfonamides is 1. The Labute approximate surface area is 252 Å². The lowest BCUT2D eigenvalue weighted by Crippen LogP contribution is -2.42. The van der Waals surface area contributed by atoms with Crippen molar-refractivity contribution in [3.63, 3.8) is 0 Å². The highest BCUT2D eigenvalue weighted by Gasteiger charge is 2.42. The molecule has 0 aromatic heterocycles. The first-order chi connectivity index (χ1) is 20.8. The highest BCUT2D eigenvalue weighted by molar-refractivity contribution is 7.89. The molecule has 0 bridgehead atoms. The fourth-order valence-corrected chi connectivity index (χ4v) is 7.83. The number of hydrogen-bond acceptors (Lipinski definition) is 5. The maximum atomic E-state index is 13.4. The van der Waals surface area contributed by atoms with Crippen LogP contribution in [-0.2, 0) is 34.1 Å². The molecule has 2 heterocycles. The van der Waals surface area contributed by atoms with Gasteiger partial charge in [0.05, 0.1) is 16.0 Å². The summed E-state index contributed by atoms with van der Waals surface area (Å²) in [6.07, 6.45) is 5.41. The van der Waals surface area contributed by atoms with Gasteiger partial charge in [-0.25, -0.2) is 13.1 Å². The zero-order valence-corrected chi connectivity index (χ0v) is 24.8. The molecule has 6 rings (SSSR count). The van der Waals surface area contributed by atoms with Gasteiger partial charge in [-0.3, -0.25) is 19.3 Å². The van der Waals surface area contributed by atoms with E-state index in [1.54, 1.807) is 48.5 Å². The number of hydrogen-bond donors (Lipinski definition) is 1. The van der Waals surface area contributed by atoms with Crippen LogP contribution in [0.5, 0.6) is 0 Å². The van der Waals surface area contributed by atoms with Crippen LogP contribution < -0.4 is 4.72 Å². The van der Waals surface area contributed by atoms with Crippen molar-refractivity contribution in [1.82, 2.24) is 14.5 Å². The number of aryl methyl sites for hydroxylation is 1. The van der Waals surface area contributed by atoms with Gasteiger partial charge in [-0.1, -0.05) is 54.6 Å². The second-order valence-electron chi connectivity index (χ2n) is 11.6. The van der Waals surface area contributed by atoms with E-state index in [0.717, 1.165) is 24.0 Å². The van der Waals surface area contributed by atoms with E-state index in [2.05, 4.69) is 23.4 Å². The van der Waals surface area contributed by atoms with Crippen molar-refractivity contribution in [3.8, 4) is 0 Å². The first kappa shape index (κ1) is 29.0. The number of nitrogens with one attached hydrogen (secondary N) is 1. The van der Waals surface area contributed by atoms with E-state index in [9.17, 15) is 22.8 Å². The molecule has 0 radical (unpaired) electrons. The monoisotopic (exact) mass is 597 g/mol. The van der Waals surface area contributed by atoms with Crippen LogP contribution >= 0.6 is 0 Å². The zero-order valence-electron chi connectivity index (χ0n) is 23.9. The highest BCUT2D eigenvalue weighted by atomic mass is 32.2. The van der Waals surface area contributed by atoms with Gasteiger partial charge in [0, 0.05) is 31.1 Å². The number of carbonyl (C=O) groups is 3. The van der Waals surface area contributed by atoms with Gasteiger partial charge in [0.25, 0.3) is 11.8 Å². The quantitative estimate of drug-likeness (QED) is 0.264. The lowest BCUT2D eigenvalue weighted by atomic mass is 10.0. The number of likely N-dealkylation sites (tertiary alicyclic amines) is 1. The minimum Gasteiger partial charge on any atom is -0.338 e. The van der Waals surface area contributed by atoms with Gasteiger partial charge in [0.15, 0.2) is 0 Å². The molecular weight excluding hydrogens is 562 g/mol. The Morgan fingerprint density at radius 1 is 0.884 bits per heavy atom. The fourth-order valence-electron chi connectivity index (χ4n) is 6.70. The minimum atomic E-state index is -3.86. The Kier molecular flexibility index (Phi) is 8.03. The van der Waals surface area contributed by atoms with E-state index in [1.165, 1.54) is 10.5 Å². The van der Waals surface area contributed by atoms with Crippen LogP contribution in [0.25, 0.3) is 0 Å². The smallest absolute Gasteiger partial charge is 0.261 e. The molecule has 1 aliphatic carbocycles. The predicted molar refractivity (Wildman–Crippen MR) is 163 cm³/mol. The zero-order chi connectivity index (χ0) is 30.1. The number of carbonyl (C=O) groups excluding carboxylic acids is 3. The molecule has 8 nitrogen and oxygen atoms in total. The largest absolute Gasteiger partial charge is 0.338 e. The molecule has 3 aromatic rings. The molecular formula is C34H35N3O5S. The summed E-state index contributed by atoms with van der Waals surface area (Å²) in [4.78, 5) is 42.5. The fraction of sp³-hybridized carbons (Fsp3) is 0.324. The van der Waals surface area contributed by atoms with Crippen LogP contribution in [0.1, 0.15) is 56.7 Å². The summed E-state index contributed by atoms with van der Waals surface area (Å²) in [6.45, 7) is 4.48. The summed E-state index contributed by atoms with van der Waals surface area (Å²) in [7, 11) is -3.86. The third kappa shape index (κ3) is 5.67. The molecule has 2 aliphatic heterocycles. The maximum Gasteiger partial charge on any atom is 0.261 e. The average molecular weight is 598 g/mol. The second kappa shape index (κ2) is 11.9. The van der Waals surface area contributed by atoms with Crippen LogP contribution in [0.2, 0.25) is 0 Å². The van der Waals surface area contributed by atoms with Crippen LogP contribution in [0.4, 0.5) is 0 Å². The molecule has 0 saturated carbocycles. The van der Waals surface area contributed by atoms with E-state index in [1.807, 2.05) is 23.1 Å². The third-order valence-electron chi connectivity index (χ3n) is 8.89. The Morgan fingerprint density at radius 3 is 2.26 bits per heavy atom. The third-order valence-corrected chi connectivity index (χ3v) is 10.3. The van der Waals surface area contributed by atoms with Crippen LogP contribution in [-0.4, -0.2) is 61.1 Å². The molecule has 3 aromatic carbocycles. The normalized spacial score (nSPS) is 21.4. The number of rotatable bonds is 11. The number of allylic oxidation sites excluding steroid dienone is 1. The average Bonchev–Trinajstić information content (AvgIpc) is 3.64. The molecule has 3 amide bonds. The van der Waals surface area contributed by atoms with Crippen molar-refractivity contribution < 1.29 is 22.8 Å². The molecule has 43 heavy (non-hydrogen) atoms. The first-order valence-electron chi connectivity index (χ1n) is 14.8. The predicted octanol–water partition coefficient (Wildman–Crippen LogP) is 4.15. The van der Waals surface area contributed by atoms with E-state index in [4.69, 9.17) is 0 Å². The van der Waals surface area contributed by atoms with E-state index in [-0.39, 0.29) is 47.2 Å². The summed E-state index contributed by atoms with van der Waals surface area (Å²) >= 11 is 0. The second-order valence-corrected chi connectivity index (χ2v) is 13.4. The first-order valence-corrected chi connectivity index (χ1v) is 16.3. The van der Waals surface area contributed by atoms with Gasteiger partial charge < -0.3 is 4.90 Å². The van der Waals surface area contributed by atoms with Crippen molar-refractivity contribution in [1.29, 1.82) is 0 Å². The summed E-state index contributed by atoms with van der Waals surface area (Å²) in [5.74, 6) is -0.749. The number of amides is 3. The van der Waals surface area contributed by atoms with Crippen molar-refractivity contribution in [2.75, 3.05) is 13.1 Å². The van der Waals surface area contributed by atoms with Gasteiger partial charge in [0.1, 0.15) is 0 Å². The number of nitrogens with zero attached hydrogens (tertiary/aromatic N) is 2. The van der Waals surface area contributed by atoms with Gasteiger partial charge in [-0.15, -0.1) is 6.58 Å². The maximum absolute atomic E-state index is 13.4. The lowest BCUT2D eigenvalue weighted by molar-refractivity contribution is -0.131. The SMILES string of the molecule is C=CC[C@@H]1C[C@@H](CNS(=O)(=O)c2ccc3c(c2)CC(N2C(=O)c4ccccc4C2=O)C3)N(CCCc2ccccc2)C1=O. The molecule has 1 saturated heterocycles. The topological polar surface area (TPSA) is 104 Å².